The van der Waals surface area contributed by atoms with E-state index in [0.29, 0.717) is 30.8 Å². The number of carbonyl (C=O) groups excluding carboxylic acids is 2. The van der Waals surface area contributed by atoms with E-state index >= 15 is 0 Å². The third-order valence-electron chi connectivity index (χ3n) is 3.19. The SMILES string of the molecule is COC(=O)c1ccccc1NCCC(=O)NCc1ccccn1. The second-order valence-electron chi connectivity index (χ2n) is 4.81. The van der Waals surface area contributed by atoms with Crippen LogP contribution in [0.15, 0.2) is 48.7 Å². The van der Waals surface area contributed by atoms with Gasteiger partial charge in [0.05, 0.1) is 24.9 Å². The molecule has 6 heteroatoms. The topological polar surface area (TPSA) is 80.3 Å². The Morgan fingerprint density at radius 1 is 1.13 bits per heavy atom. The fourth-order valence-corrected chi connectivity index (χ4v) is 2.02. The Kier molecular flexibility index (Phi) is 6.11. The Balaban J connectivity index is 1.79. The van der Waals surface area contributed by atoms with Crippen LogP contribution in [0.25, 0.3) is 0 Å². The van der Waals surface area contributed by atoms with Gasteiger partial charge in [0.2, 0.25) is 5.91 Å². The zero-order valence-corrected chi connectivity index (χ0v) is 12.9. The number of carbonyl (C=O) groups is 2. The fourth-order valence-electron chi connectivity index (χ4n) is 2.02. The van der Waals surface area contributed by atoms with E-state index in [0.717, 1.165) is 5.69 Å². The largest absolute Gasteiger partial charge is 0.465 e. The van der Waals surface area contributed by atoms with Crippen molar-refractivity contribution in [3.63, 3.8) is 0 Å². The van der Waals surface area contributed by atoms with Crippen LogP contribution >= 0.6 is 0 Å². The Bertz CT molecular complexity index is 659. The molecular weight excluding hydrogens is 294 g/mol. The molecule has 1 amide bonds. The van der Waals surface area contributed by atoms with Crippen molar-refractivity contribution in [2.24, 2.45) is 0 Å². The molecule has 0 aliphatic rings. The van der Waals surface area contributed by atoms with Crippen LogP contribution in [0.5, 0.6) is 0 Å². The minimum atomic E-state index is -0.410. The summed E-state index contributed by atoms with van der Waals surface area (Å²) in [5.41, 5.74) is 1.91. The van der Waals surface area contributed by atoms with Gasteiger partial charge >= 0.3 is 5.97 Å². The van der Waals surface area contributed by atoms with Gasteiger partial charge in [0.25, 0.3) is 0 Å². The highest BCUT2D eigenvalue weighted by molar-refractivity contribution is 5.95. The first-order chi connectivity index (χ1) is 11.2. The molecule has 120 valence electrons. The number of para-hydroxylation sites is 1. The summed E-state index contributed by atoms with van der Waals surface area (Å²) in [5, 5.41) is 5.88. The number of nitrogens with one attached hydrogen (secondary N) is 2. The van der Waals surface area contributed by atoms with Gasteiger partial charge < -0.3 is 15.4 Å². The van der Waals surface area contributed by atoms with E-state index in [1.165, 1.54) is 7.11 Å². The van der Waals surface area contributed by atoms with E-state index in [1.807, 2.05) is 24.3 Å². The van der Waals surface area contributed by atoms with Crippen molar-refractivity contribution in [3.05, 3.63) is 59.9 Å². The van der Waals surface area contributed by atoms with Gasteiger partial charge in [-0.2, -0.15) is 0 Å². The zero-order valence-electron chi connectivity index (χ0n) is 12.9. The van der Waals surface area contributed by atoms with Crippen LogP contribution in [-0.4, -0.2) is 30.5 Å². The van der Waals surface area contributed by atoms with Gasteiger partial charge in [0, 0.05) is 24.8 Å². The number of pyridine rings is 1. The Hall–Kier alpha value is -2.89. The van der Waals surface area contributed by atoms with Gasteiger partial charge in [-0.25, -0.2) is 4.79 Å². The first-order valence-electron chi connectivity index (χ1n) is 7.28. The highest BCUT2D eigenvalue weighted by Gasteiger charge is 2.10. The zero-order chi connectivity index (χ0) is 16.5. The summed E-state index contributed by atoms with van der Waals surface area (Å²) in [5.74, 6) is -0.494. The van der Waals surface area contributed by atoms with Crippen LogP contribution in [0, 0.1) is 0 Å². The summed E-state index contributed by atoms with van der Waals surface area (Å²) in [4.78, 5) is 27.6. The third-order valence-corrected chi connectivity index (χ3v) is 3.19. The van der Waals surface area contributed by atoms with Crippen molar-refractivity contribution in [2.75, 3.05) is 19.0 Å². The molecule has 0 aliphatic heterocycles. The molecule has 2 rings (SSSR count). The number of ether oxygens (including phenoxy) is 1. The van der Waals surface area contributed by atoms with Gasteiger partial charge in [0.1, 0.15) is 0 Å². The van der Waals surface area contributed by atoms with Gasteiger partial charge in [0.15, 0.2) is 0 Å². The molecule has 0 fully saturated rings. The Morgan fingerprint density at radius 3 is 2.65 bits per heavy atom. The van der Waals surface area contributed by atoms with Crippen LogP contribution in [0.4, 0.5) is 5.69 Å². The van der Waals surface area contributed by atoms with E-state index in [1.54, 1.807) is 24.4 Å². The van der Waals surface area contributed by atoms with Crippen LogP contribution in [0.1, 0.15) is 22.5 Å². The predicted octanol–water partition coefficient (Wildman–Crippen LogP) is 1.99. The molecule has 0 bridgehead atoms. The lowest BCUT2D eigenvalue weighted by Gasteiger charge is -2.10. The summed E-state index contributed by atoms with van der Waals surface area (Å²) < 4.78 is 4.73. The molecule has 1 heterocycles. The number of hydrogen-bond donors (Lipinski definition) is 2. The molecule has 0 unspecified atom stereocenters. The maximum Gasteiger partial charge on any atom is 0.339 e. The molecule has 0 saturated carbocycles. The standard InChI is InChI=1S/C17H19N3O3/c1-23-17(22)14-7-2-3-8-15(14)19-11-9-16(21)20-12-13-6-4-5-10-18-13/h2-8,10,19H,9,11-12H2,1H3,(H,20,21). The minimum Gasteiger partial charge on any atom is -0.465 e. The molecule has 0 radical (unpaired) electrons. The van der Waals surface area contributed by atoms with Crippen LogP contribution < -0.4 is 10.6 Å². The molecule has 1 aromatic heterocycles. The first kappa shape index (κ1) is 16.5. The number of anilines is 1. The van der Waals surface area contributed by atoms with Gasteiger partial charge in [-0.1, -0.05) is 18.2 Å². The number of amides is 1. The molecule has 0 saturated heterocycles. The monoisotopic (exact) mass is 313 g/mol. The van der Waals surface area contributed by atoms with Crippen LogP contribution in [0.3, 0.4) is 0 Å². The quantitative estimate of drug-likeness (QED) is 0.764. The maximum atomic E-state index is 11.8. The normalized spacial score (nSPS) is 9.96. The summed E-state index contributed by atoms with van der Waals surface area (Å²) in [6.07, 6.45) is 1.98. The number of methoxy groups -OCH3 is 1. The third kappa shape index (κ3) is 5.10. The summed E-state index contributed by atoms with van der Waals surface area (Å²) in [6, 6.07) is 12.6. The van der Waals surface area contributed by atoms with Crippen molar-refractivity contribution >= 4 is 17.6 Å². The number of rotatable bonds is 7. The number of aromatic nitrogens is 1. The number of hydrogen-bond acceptors (Lipinski definition) is 5. The van der Waals surface area contributed by atoms with Crippen molar-refractivity contribution in [3.8, 4) is 0 Å². The van der Waals surface area contributed by atoms with Crippen LogP contribution in [-0.2, 0) is 16.1 Å². The molecule has 0 atom stereocenters. The summed E-state index contributed by atoms with van der Waals surface area (Å²) >= 11 is 0. The van der Waals surface area contributed by atoms with E-state index in [9.17, 15) is 9.59 Å². The lowest BCUT2D eigenvalue weighted by Crippen LogP contribution is -2.25. The lowest BCUT2D eigenvalue weighted by molar-refractivity contribution is -0.121. The fraction of sp³-hybridized carbons (Fsp3) is 0.235. The van der Waals surface area contributed by atoms with Crippen LogP contribution in [0.2, 0.25) is 0 Å². The maximum absolute atomic E-state index is 11.8. The summed E-state index contributed by atoms with van der Waals surface area (Å²) in [6.45, 7) is 0.820. The average molecular weight is 313 g/mol. The smallest absolute Gasteiger partial charge is 0.339 e. The molecule has 0 spiro atoms. The predicted molar refractivity (Wildman–Crippen MR) is 87.0 cm³/mol. The molecule has 2 N–H and O–H groups in total. The molecule has 23 heavy (non-hydrogen) atoms. The van der Waals surface area contributed by atoms with Crippen molar-refractivity contribution in [1.29, 1.82) is 0 Å². The Labute approximate surface area is 134 Å². The van der Waals surface area contributed by atoms with E-state index < -0.39 is 5.97 Å². The summed E-state index contributed by atoms with van der Waals surface area (Å²) in [7, 11) is 1.34. The van der Waals surface area contributed by atoms with Gasteiger partial charge in [-0.15, -0.1) is 0 Å². The number of benzene rings is 1. The van der Waals surface area contributed by atoms with E-state index in [2.05, 4.69) is 15.6 Å². The second-order valence-corrected chi connectivity index (χ2v) is 4.81. The highest BCUT2D eigenvalue weighted by atomic mass is 16.5. The van der Waals surface area contributed by atoms with E-state index in [4.69, 9.17) is 4.74 Å². The second kappa shape index (κ2) is 8.53. The van der Waals surface area contributed by atoms with Gasteiger partial charge in [-0.3, -0.25) is 9.78 Å². The molecule has 6 nitrogen and oxygen atoms in total. The molecular formula is C17H19N3O3. The average Bonchev–Trinajstić information content (AvgIpc) is 2.60. The minimum absolute atomic E-state index is 0.0845. The molecule has 0 aliphatic carbocycles. The molecule has 1 aromatic carbocycles. The number of nitrogens with zero attached hydrogens (tertiary/aromatic N) is 1. The first-order valence-corrected chi connectivity index (χ1v) is 7.28. The highest BCUT2D eigenvalue weighted by Crippen LogP contribution is 2.15. The number of esters is 1. The lowest BCUT2D eigenvalue weighted by atomic mass is 10.2. The van der Waals surface area contributed by atoms with Crippen molar-refractivity contribution < 1.29 is 14.3 Å². The Morgan fingerprint density at radius 2 is 1.91 bits per heavy atom. The van der Waals surface area contributed by atoms with Gasteiger partial charge in [-0.05, 0) is 24.3 Å². The van der Waals surface area contributed by atoms with E-state index in [-0.39, 0.29) is 5.91 Å². The van der Waals surface area contributed by atoms with Crippen molar-refractivity contribution in [1.82, 2.24) is 10.3 Å². The van der Waals surface area contributed by atoms with Crippen molar-refractivity contribution in [2.45, 2.75) is 13.0 Å². The molecule has 2 aromatic rings.